The molecule has 0 spiro atoms. The molecule has 1 N–H and O–H groups in total. The molecule has 0 bridgehead atoms. The third-order valence-corrected chi connectivity index (χ3v) is 17.4. The Labute approximate surface area is 533 Å². The minimum absolute atomic E-state index is 0.0878. The molecule has 5 rings (SSSR count). The Bertz CT molecular complexity index is 2260. The number of rotatable bonds is 55. The second kappa shape index (κ2) is 49.4. The highest BCUT2D eigenvalue weighted by atomic mass is 19.3. The first-order valence-electron chi connectivity index (χ1n) is 35.5. The van der Waals surface area contributed by atoms with Gasteiger partial charge in [0.2, 0.25) is 5.91 Å². The van der Waals surface area contributed by atoms with Gasteiger partial charge in [-0.1, -0.05) is 346 Å². The van der Waals surface area contributed by atoms with E-state index in [1.165, 1.54) is 173 Å². The van der Waals surface area contributed by atoms with E-state index in [-0.39, 0.29) is 32.8 Å². The maximum absolute atomic E-state index is 16.9. The molecule has 1 saturated heterocycles. The summed E-state index contributed by atoms with van der Waals surface area (Å²) in [4.78, 5) is 13.8. The summed E-state index contributed by atoms with van der Waals surface area (Å²) in [6.07, 6.45) is 41.2. The number of hydrogen-bond donors (Lipinski definition) is 1. The van der Waals surface area contributed by atoms with Gasteiger partial charge in [-0.05, 0) is 41.5 Å². The van der Waals surface area contributed by atoms with Crippen LogP contribution in [0.25, 0.3) is 0 Å². The highest BCUT2D eigenvalue weighted by molar-refractivity contribution is 5.76. The summed E-state index contributed by atoms with van der Waals surface area (Å²) in [5.41, 5.74) is 3.80. The lowest BCUT2D eigenvalue weighted by Crippen LogP contribution is -2.62. The molecule has 492 valence electrons. The predicted octanol–water partition coefficient (Wildman–Crippen LogP) is 21.5. The van der Waals surface area contributed by atoms with Crippen LogP contribution < -0.4 is 5.32 Å². The Hall–Kier alpha value is -4.29. The summed E-state index contributed by atoms with van der Waals surface area (Å²) in [5, 5.41) is 2.78. The summed E-state index contributed by atoms with van der Waals surface area (Å²) in [6.45, 7) is 5.04. The normalized spacial score (nSPS) is 17.4. The molecule has 1 aliphatic heterocycles. The molecule has 6 atom stereocenters. The molecule has 0 unspecified atom stereocenters. The smallest absolute Gasteiger partial charge is 0.273 e. The predicted molar refractivity (Wildman–Crippen MR) is 359 cm³/mol. The molecule has 4 aromatic carbocycles. The molecule has 1 amide bonds. The van der Waals surface area contributed by atoms with E-state index in [1.54, 1.807) is 6.08 Å². The van der Waals surface area contributed by atoms with E-state index in [4.69, 9.17) is 28.4 Å². The van der Waals surface area contributed by atoms with Crippen LogP contribution in [0.4, 0.5) is 8.78 Å². The van der Waals surface area contributed by atoms with Crippen molar-refractivity contribution >= 4 is 5.91 Å². The van der Waals surface area contributed by atoms with Gasteiger partial charge in [0.05, 0.1) is 39.6 Å². The van der Waals surface area contributed by atoms with Gasteiger partial charge in [-0.15, -0.1) is 0 Å². The zero-order chi connectivity index (χ0) is 62.1. The molecular weight excluding hydrogens is 1100 g/mol. The van der Waals surface area contributed by atoms with Gasteiger partial charge in [-0.25, -0.2) is 8.78 Å². The number of halogens is 2. The van der Waals surface area contributed by atoms with Crippen LogP contribution in [-0.4, -0.2) is 61.8 Å². The molecule has 1 heterocycles. The minimum atomic E-state index is -3.34. The third kappa shape index (κ3) is 34.2. The number of unbranched alkanes of at least 4 members (excludes halogenated alkanes) is 32. The fourth-order valence-corrected chi connectivity index (χ4v) is 11.9. The molecule has 0 aromatic heterocycles. The molecule has 10 heteroatoms. The van der Waals surface area contributed by atoms with E-state index in [2.05, 4.69) is 19.2 Å². The largest absolute Gasteiger partial charge is 0.374 e. The fraction of sp³-hybridized carbons (Fsp3) is 0.654. The number of amides is 1. The number of alkyl halides is 2. The highest BCUT2D eigenvalue weighted by Crippen LogP contribution is 2.34. The van der Waals surface area contributed by atoms with Gasteiger partial charge in [-0.3, -0.25) is 4.79 Å². The average Bonchev–Trinajstić information content (AvgIpc) is 1.65. The van der Waals surface area contributed by atoms with Crippen molar-refractivity contribution in [2.45, 2.75) is 314 Å². The zero-order valence-electron chi connectivity index (χ0n) is 55.0. The first-order chi connectivity index (χ1) is 43.4. The number of carbonyl (C=O) groups is 1. The lowest BCUT2D eigenvalue weighted by atomic mass is 9.97. The summed E-state index contributed by atoms with van der Waals surface area (Å²) < 4.78 is 74.3. The van der Waals surface area contributed by atoms with Crippen molar-refractivity contribution in [1.29, 1.82) is 0 Å². The highest BCUT2D eigenvalue weighted by Gasteiger charge is 2.50. The van der Waals surface area contributed by atoms with Crippen molar-refractivity contribution in [3.05, 3.63) is 156 Å². The van der Waals surface area contributed by atoms with E-state index in [0.29, 0.717) is 13.0 Å². The third-order valence-electron chi connectivity index (χ3n) is 17.4. The van der Waals surface area contributed by atoms with E-state index in [0.717, 1.165) is 60.8 Å². The van der Waals surface area contributed by atoms with Crippen LogP contribution in [0.2, 0.25) is 0 Å². The molecule has 0 saturated carbocycles. The summed E-state index contributed by atoms with van der Waals surface area (Å²) in [7, 11) is 0. The molecule has 1 aliphatic rings. The van der Waals surface area contributed by atoms with Crippen LogP contribution in [-0.2, 0) is 59.6 Å². The second-order valence-corrected chi connectivity index (χ2v) is 25.2. The molecule has 0 radical (unpaired) electrons. The van der Waals surface area contributed by atoms with Crippen molar-refractivity contribution in [2.24, 2.45) is 0 Å². The lowest BCUT2D eigenvalue weighted by Gasteiger charge is -2.46. The number of hydrogen-bond acceptors (Lipinski definition) is 7. The standard InChI is InChI=1S/C78H119F2NO7/c1-3-5-7-9-11-13-15-17-18-19-20-21-22-23-24-25-26-27-29-31-33-35-49-59-73(82)81-72(78(79,80)60-50-36-34-32-30-28-16-14-12-10-8-6-4-2)66-87-77-76(86-64-70-57-47-40-48-58-70)75(85-63-69-55-45-39-46-56-69)74(84-62-68-53-43-38-44-54-68)71(88-77)65-83-61-67-51-41-37-42-52-67/h36-48,50-58,71-72,74-77H,3-35,49,59-66H2,1-2H3,(H,81,82)/b50-36+/t71-,72+,74+,75+,76-,77+/m1/s1. The van der Waals surface area contributed by atoms with E-state index >= 15 is 8.78 Å². The quantitative estimate of drug-likeness (QED) is 0.0348. The maximum atomic E-state index is 16.9. The van der Waals surface area contributed by atoms with Crippen LogP contribution in [0.15, 0.2) is 133 Å². The minimum Gasteiger partial charge on any atom is -0.374 e. The number of benzene rings is 4. The second-order valence-electron chi connectivity index (χ2n) is 25.2. The van der Waals surface area contributed by atoms with Crippen LogP contribution >= 0.6 is 0 Å². The molecule has 1 fully saturated rings. The molecule has 0 aliphatic carbocycles. The Morgan fingerprint density at radius 1 is 0.443 bits per heavy atom. The van der Waals surface area contributed by atoms with Gasteiger partial charge in [0.15, 0.2) is 6.29 Å². The van der Waals surface area contributed by atoms with E-state index < -0.39 is 61.6 Å². The van der Waals surface area contributed by atoms with Gasteiger partial charge in [0, 0.05) is 12.8 Å². The summed E-state index contributed by atoms with van der Waals surface area (Å²) >= 11 is 0. The van der Waals surface area contributed by atoms with Crippen molar-refractivity contribution < 1.29 is 42.0 Å². The first-order valence-corrected chi connectivity index (χ1v) is 35.5. The van der Waals surface area contributed by atoms with E-state index in [1.807, 2.05) is 127 Å². The molecule has 4 aromatic rings. The molecule has 88 heavy (non-hydrogen) atoms. The van der Waals surface area contributed by atoms with Crippen molar-refractivity contribution in [3.8, 4) is 0 Å². The first kappa shape index (κ1) is 74.4. The zero-order valence-corrected chi connectivity index (χ0v) is 55.0. The Kier molecular flexibility index (Phi) is 41.8. The molecular formula is C78H119F2NO7. The Balaban J connectivity index is 1.19. The number of allylic oxidation sites excluding steroid dienone is 2. The van der Waals surface area contributed by atoms with Crippen molar-refractivity contribution in [2.75, 3.05) is 13.2 Å². The van der Waals surface area contributed by atoms with Gasteiger partial charge in [-0.2, -0.15) is 0 Å². The Morgan fingerprint density at radius 2 is 0.795 bits per heavy atom. The summed E-state index contributed by atoms with van der Waals surface area (Å²) in [5.74, 6) is -3.74. The lowest BCUT2D eigenvalue weighted by molar-refractivity contribution is -0.330. The topological polar surface area (TPSA) is 84.5 Å². The Morgan fingerprint density at radius 3 is 1.20 bits per heavy atom. The van der Waals surface area contributed by atoms with Gasteiger partial charge in [0.25, 0.3) is 5.92 Å². The van der Waals surface area contributed by atoms with Crippen molar-refractivity contribution in [1.82, 2.24) is 5.32 Å². The van der Waals surface area contributed by atoms with Crippen LogP contribution in [0, 0.1) is 0 Å². The maximum Gasteiger partial charge on any atom is 0.273 e. The van der Waals surface area contributed by atoms with Crippen LogP contribution in [0.3, 0.4) is 0 Å². The van der Waals surface area contributed by atoms with Crippen molar-refractivity contribution in [3.63, 3.8) is 0 Å². The molecule has 8 nitrogen and oxygen atoms in total. The van der Waals surface area contributed by atoms with Gasteiger partial charge < -0.3 is 33.7 Å². The average molecular weight is 1220 g/mol. The number of nitrogens with one attached hydrogen (secondary N) is 1. The SMILES string of the molecule is CCCCCCCCCCCC/C=C/CC(F)(F)[C@H](CO[C@H]1O[C@H](COCc2ccccc2)[C@H](OCc2ccccc2)[C@H](OCc2ccccc2)[C@H]1OCc1ccccc1)NC(=O)CCCCCCCCCCCCCCCCCCCCCCCCC. The monoisotopic (exact) mass is 1220 g/mol. The number of ether oxygens (including phenoxy) is 6. The summed E-state index contributed by atoms with van der Waals surface area (Å²) in [6, 6.07) is 37.9. The van der Waals surface area contributed by atoms with Crippen LogP contribution in [0.1, 0.15) is 267 Å². The van der Waals surface area contributed by atoms with Gasteiger partial charge >= 0.3 is 0 Å². The van der Waals surface area contributed by atoms with Crippen LogP contribution in [0.5, 0.6) is 0 Å². The van der Waals surface area contributed by atoms with Gasteiger partial charge in [0.1, 0.15) is 30.5 Å². The number of carbonyl (C=O) groups excluding carboxylic acids is 1. The van der Waals surface area contributed by atoms with E-state index in [9.17, 15) is 4.79 Å². The fourth-order valence-electron chi connectivity index (χ4n) is 11.9.